The van der Waals surface area contributed by atoms with Crippen LogP contribution in [0.25, 0.3) is 10.9 Å². The lowest BCUT2D eigenvalue weighted by molar-refractivity contribution is 0.0628. The zero-order valence-corrected chi connectivity index (χ0v) is 17.9. The minimum absolute atomic E-state index is 0.00507. The Morgan fingerprint density at radius 1 is 1.03 bits per heavy atom. The first-order valence-corrected chi connectivity index (χ1v) is 10.2. The van der Waals surface area contributed by atoms with E-state index < -0.39 is 0 Å². The van der Waals surface area contributed by atoms with Crippen LogP contribution in [0, 0.1) is 0 Å². The van der Waals surface area contributed by atoms with Gasteiger partial charge in [0.2, 0.25) is 0 Å². The topological polar surface area (TPSA) is 54.9 Å². The van der Waals surface area contributed by atoms with Crippen LogP contribution in [0.5, 0.6) is 11.5 Å². The van der Waals surface area contributed by atoms with Gasteiger partial charge in [-0.25, -0.2) is 0 Å². The van der Waals surface area contributed by atoms with Crippen LogP contribution in [-0.2, 0) is 6.54 Å². The number of carbonyl (C=O) groups is 1. The number of fused-ring (bicyclic) bond motifs is 1. The number of amides is 1. The lowest BCUT2D eigenvalue weighted by Crippen LogP contribution is -2.48. The molecule has 1 aliphatic heterocycles. The highest BCUT2D eigenvalue weighted by Gasteiger charge is 2.23. The van der Waals surface area contributed by atoms with E-state index in [0.29, 0.717) is 35.2 Å². The number of hydrogen-bond donors (Lipinski definition) is 0. The van der Waals surface area contributed by atoms with Crippen molar-refractivity contribution in [3.63, 3.8) is 0 Å². The molecule has 0 spiro atoms. The van der Waals surface area contributed by atoms with E-state index in [1.165, 1.54) is 0 Å². The summed E-state index contributed by atoms with van der Waals surface area (Å²) in [6, 6.07) is 13.1. The van der Waals surface area contributed by atoms with E-state index in [0.717, 1.165) is 36.1 Å². The molecule has 1 saturated heterocycles. The number of methoxy groups -OCH3 is 2. The third-order valence-corrected chi connectivity index (χ3v) is 5.65. The molecule has 0 aliphatic carbocycles. The number of ether oxygens (including phenoxy) is 2. The molecular weight excluding hydrogens is 402 g/mol. The summed E-state index contributed by atoms with van der Waals surface area (Å²) in [5.41, 5.74) is 2.69. The Labute approximate surface area is 181 Å². The normalized spacial score (nSPS) is 14.7. The summed E-state index contributed by atoms with van der Waals surface area (Å²) in [7, 11) is 3.15. The molecular formula is C23H24ClN3O3. The van der Waals surface area contributed by atoms with Gasteiger partial charge in [0, 0.05) is 54.9 Å². The van der Waals surface area contributed by atoms with Crippen molar-refractivity contribution in [2.45, 2.75) is 6.54 Å². The second-order valence-corrected chi connectivity index (χ2v) is 7.71. The van der Waals surface area contributed by atoms with E-state index in [1.807, 2.05) is 29.2 Å². The van der Waals surface area contributed by atoms with E-state index >= 15 is 0 Å². The standard InChI is InChI=1S/C23H24ClN3O3/c1-29-20-6-5-17(14-21(20)30-2)23(28)27-10-8-26(9-11-27)15-18-13-19(24)12-16-4-3-7-25-22(16)18/h3-7,12-14H,8-11,15H2,1-2H3. The van der Waals surface area contributed by atoms with Crippen LogP contribution in [0.2, 0.25) is 5.02 Å². The summed E-state index contributed by atoms with van der Waals surface area (Å²) >= 11 is 6.30. The van der Waals surface area contributed by atoms with Gasteiger partial charge in [0.25, 0.3) is 5.91 Å². The minimum Gasteiger partial charge on any atom is -0.493 e. The molecule has 1 amide bonds. The number of halogens is 1. The van der Waals surface area contributed by atoms with Crippen LogP contribution in [0.15, 0.2) is 48.7 Å². The molecule has 0 radical (unpaired) electrons. The molecule has 2 aromatic carbocycles. The number of pyridine rings is 1. The number of carbonyl (C=O) groups excluding carboxylic acids is 1. The highest BCUT2D eigenvalue weighted by molar-refractivity contribution is 6.31. The number of aromatic nitrogens is 1. The molecule has 0 saturated carbocycles. The Morgan fingerprint density at radius 3 is 2.53 bits per heavy atom. The summed E-state index contributed by atoms with van der Waals surface area (Å²) in [5, 5.41) is 1.76. The Balaban J connectivity index is 1.43. The molecule has 156 valence electrons. The number of nitrogens with zero attached hydrogens (tertiary/aromatic N) is 3. The van der Waals surface area contributed by atoms with Gasteiger partial charge in [0.1, 0.15) is 0 Å². The van der Waals surface area contributed by atoms with E-state index in [9.17, 15) is 4.79 Å². The number of piperazine rings is 1. The van der Waals surface area contributed by atoms with Crippen LogP contribution in [0.4, 0.5) is 0 Å². The van der Waals surface area contributed by atoms with Crippen LogP contribution >= 0.6 is 11.6 Å². The quantitative estimate of drug-likeness (QED) is 0.621. The summed E-state index contributed by atoms with van der Waals surface area (Å²) in [5.74, 6) is 1.18. The average Bonchev–Trinajstić information content (AvgIpc) is 2.78. The largest absolute Gasteiger partial charge is 0.493 e. The summed E-state index contributed by atoms with van der Waals surface area (Å²) in [6.07, 6.45) is 1.81. The van der Waals surface area contributed by atoms with E-state index in [2.05, 4.69) is 9.88 Å². The summed E-state index contributed by atoms with van der Waals surface area (Å²) < 4.78 is 10.6. The Hall–Kier alpha value is -2.83. The molecule has 1 aliphatic rings. The third-order valence-electron chi connectivity index (χ3n) is 5.43. The lowest BCUT2D eigenvalue weighted by Gasteiger charge is -2.35. The maximum absolute atomic E-state index is 12.9. The van der Waals surface area contributed by atoms with Crippen LogP contribution in [-0.4, -0.2) is 61.1 Å². The fourth-order valence-corrected chi connectivity index (χ4v) is 4.10. The van der Waals surface area contributed by atoms with Gasteiger partial charge in [-0.15, -0.1) is 0 Å². The maximum atomic E-state index is 12.9. The third kappa shape index (κ3) is 4.20. The number of rotatable bonds is 5. The molecule has 2 heterocycles. The second-order valence-electron chi connectivity index (χ2n) is 7.28. The molecule has 6 nitrogen and oxygen atoms in total. The van der Waals surface area contributed by atoms with Crippen molar-refractivity contribution in [1.29, 1.82) is 0 Å². The first-order valence-electron chi connectivity index (χ1n) is 9.86. The van der Waals surface area contributed by atoms with Crippen molar-refractivity contribution in [3.05, 3.63) is 64.8 Å². The molecule has 3 aromatic rings. The summed E-state index contributed by atoms with van der Waals surface area (Å²) in [4.78, 5) is 21.7. The molecule has 0 atom stereocenters. The van der Waals surface area contributed by atoms with Crippen molar-refractivity contribution < 1.29 is 14.3 Å². The molecule has 0 bridgehead atoms. The first kappa shape index (κ1) is 20.4. The van der Waals surface area contributed by atoms with E-state index in [1.54, 1.807) is 38.6 Å². The number of benzene rings is 2. The monoisotopic (exact) mass is 425 g/mol. The van der Waals surface area contributed by atoms with Gasteiger partial charge in [-0.3, -0.25) is 14.7 Å². The Kier molecular flexibility index (Phi) is 6.06. The fourth-order valence-electron chi connectivity index (χ4n) is 3.85. The average molecular weight is 426 g/mol. The number of hydrogen-bond acceptors (Lipinski definition) is 5. The van der Waals surface area contributed by atoms with Crippen molar-refractivity contribution >= 4 is 28.4 Å². The molecule has 0 unspecified atom stereocenters. The summed E-state index contributed by atoms with van der Waals surface area (Å²) in [6.45, 7) is 3.67. The van der Waals surface area contributed by atoms with Gasteiger partial charge < -0.3 is 14.4 Å². The molecule has 4 rings (SSSR count). The van der Waals surface area contributed by atoms with Crippen molar-refractivity contribution in [3.8, 4) is 11.5 Å². The molecule has 1 fully saturated rings. The zero-order valence-electron chi connectivity index (χ0n) is 17.1. The van der Waals surface area contributed by atoms with Crippen molar-refractivity contribution in [1.82, 2.24) is 14.8 Å². The van der Waals surface area contributed by atoms with E-state index in [-0.39, 0.29) is 5.91 Å². The predicted octanol–water partition coefficient (Wildman–Crippen LogP) is 3.86. The molecule has 1 aromatic heterocycles. The van der Waals surface area contributed by atoms with Crippen molar-refractivity contribution in [2.75, 3.05) is 40.4 Å². The fraction of sp³-hybridized carbons (Fsp3) is 0.304. The van der Waals surface area contributed by atoms with Gasteiger partial charge in [0.15, 0.2) is 11.5 Å². The highest BCUT2D eigenvalue weighted by Crippen LogP contribution is 2.28. The van der Waals surface area contributed by atoms with Gasteiger partial charge in [-0.2, -0.15) is 0 Å². The second kappa shape index (κ2) is 8.90. The Bertz CT molecular complexity index is 1060. The van der Waals surface area contributed by atoms with Crippen molar-refractivity contribution in [2.24, 2.45) is 0 Å². The highest BCUT2D eigenvalue weighted by atomic mass is 35.5. The van der Waals surface area contributed by atoms with Gasteiger partial charge in [-0.1, -0.05) is 17.7 Å². The molecule has 0 N–H and O–H groups in total. The predicted molar refractivity (Wildman–Crippen MR) is 117 cm³/mol. The van der Waals surface area contributed by atoms with Crippen LogP contribution in [0.1, 0.15) is 15.9 Å². The first-order chi connectivity index (χ1) is 14.6. The van der Waals surface area contributed by atoms with E-state index in [4.69, 9.17) is 21.1 Å². The molecule has 30 heavy (non-hydrogen) atoms. The Morgan fingerprint density at radius 2 is 1.80 bits per heavy atom. The van der Waals surface area contributed by atoms with Gasteiger partial charge >= 0.3 is 0 Å². The maximum Gasteiger partial charge on any atom is 0.254 e. The van der Waals surface area contributed by atoms with Crippen LogP contribution in [0.3, 0.4) is 0 Å². The molecule has 7 heteroatoms. The van der Waals surface area contributed by atoms with Gasteiger partial charge in [-0.05, 0) is 42.0 Å². The lowest BCUT2D eigenvalue weighted by atomic mass is 10.1. The minimum atomic E-state index is 0.00507. The zero-order chi connectivity index (χ0) is 21.1. The smallest absolute Gasteiger partial charge is 0.254 e. The van der Waals surface area contributed by atoms with Crippen LogP contribution < -0.4 is 9.47 Å². The SMILES string of the molecule is COc1ccc(C(=O)N2CCN(Cc3cc(Cl)cc4cccnc34)CC2)cc1OC. The van der Waals surface area contributed by atoms with Gasteiger partial charge in [0.05, 0.1) is 19.7 Å².